The number of aryl methyl sites for hydroxylation is 1. The Kier molecular flexibility index (Phi) is 6.73. The van der Waals surface area contributed by atoms with Gasteiger partial charge >= 0.3 is 11.6 Å². The predicted molar refractivity (Wildman–Crippen MR) is 142 cm³/mol. The van der Waals surface area contributed by atoms with Gasteiger partial charge in [-0.1, -0.05) is 62.2 Å². The third-order valence-corrected chi connectivity index (χ3v) is 6.35. The molecule has 0 spiro atoms. The molecule has 5 aromatic rings. The number of carbonyl (C=O) groups is 2. The summed E-state index contributed by atoms with van der Waals surface area (Å²) in [6, 6.07) is 20.9. The largest absolute Gasteiger partial charge is 0.452 e. The lowest BCUT2D eigenvalue weighted by Crippen LogP contribution is -2.08. The minimum Gasteiger partial charge on any atom is -0.452 e. The second kappa shape index (κ2) is 10.3. The van der Waals surface area contributed by atoms with Crippen molar-refractivity contribution in [3.63, 3.8) is 0 Å². The highest BCUT2D eigenvalue weighted by Gasteiger charge is 2.26. The third-order valence-electron chi connectivity index (χ3n) is 6.35. The molecule has 186 valence electrons. The quantitative estimate of drug-likeness (QED) is 0.0743. The molecule has 5 rings (SSSR count). The molecule has 0 atom stereocenters. The van der Waals surface area contributed by atoms with E-state index < -0.39 is 5.63 Å². The van der Waals surface area contributed by atoms with E-state index in [2.05, 4.69) is 6.92 Å². The number of benzene rings is 3. The number of hydrogen-bond donors (Lipinski definition) is 0. The Morgan fingerprint density at radius 1 is 0.892 bits per heavy atom. The first-order valence-electron chi connectivity index (χ1n) is 12.4. The highest BCUT2D eigenvalue weighted by molar-refractivity contribution is 6.20. The molecule has 0 radical (unpaired) electrons. The number of hydrogen-bond acceptors (Lipinski definition) is 6. The maximum absolute atomic E-state index is 13.8. The van der Waals surface area contributed by atoms with Gasteiger partial charge in [-0.15, -0.1) is 0 Å². The molecule has 3 aromatic carbocycles. The zero-order valence-corrected chi connectivity index (χ0v) is 20.7. The summed E-state index contributed by atoms with van der Waals surface area (Å²) in [5.74, 6) is -0.285. The Morgan fingerprint density at radius 2 is 1.70 bits per heavy atom. The van der Waals surface area contributed by atoms with E-state index in [4.69, 9.17) is 13.6 Å². The van der Waals surface area contributed by atoms with Gasteiger partial charge in [0.1, 0.15) is 16.9 Å². The molecule has 6 nitrogen and oxygen atoms in total. The van der Waals surface area contributed by atoms with Gasteiger partial charge in [0.2, 0.25) is 5.78 Å². The van der Waals surface area contributed by atoms with Crippen LogP contribution in [-0.2, 0) is 4.79 Å². The molecule has 2 aromatic heterocycles. The molecule has 0 saturated heterocycles. The molecule has 6 heteroatoms. The van der Waals surface area contributed by atoms with Crippen LogP contribution in [0.15, 0.2) is 86.4 Å². The average molecular weight is 495 g/mol. The SMILES string of the molecule is CCCCCC(=O)Oc1cccc(C(=O)c2oc3ccc4c(C)cc(=O)oc4c3c2-c2ccccc2)c1. The van der Waals surface area contributed by atoms with Crippen molar-refractivity contribution in [2.45, 2.75) is 39.5 Å². The van der Waals surface area contributed by atoms with Gasteiger partial charge in [-0.05, 0) is 48.7 Å². The van der Waals surface area contributed by atoms with Gasteiger partial charge in [0, 0.05) is 29.0 Å². The van der Waals surface area contributed by atoms with E-state index in [9.17, 15) is 14.4 Å². The van der Waals surface area contributed by atoms with E-state index >= 15 is 0 Å². The molecule has 0 unspecified atom stereocenters. The van der Waals surface area contributed by atoms with Gasteiger partial charge in [0.25, 0.3) is 0 Å². The second-order valence-electron chi connectivity index (χ2n) is 9.02. The number of fused-ring (bicyclic) bond motifs is 3. The van der Waals surface area contributed by atoms with Crippen LogP contribution >= 0.6 is 0 Å². The molecule has 0 N–H and O–H groups in total. The van der Waals surface area contributed by atoms with Crippen LogP contribution in [0.3, 0.4) is 0 Å². The topological polar surface area (TPSA) is 86.7 Å². The average Bonchev–Trinajstić information content (AvgIpc) is 3.29. The van der Waals surface area contributed by atoms with Crippen LogP contribution in [0, 0.1) is 6.92 Å². The zero-order valence-electron chi connectivity index (χ0n) is 20.7. The van der Waals surface area contributed by atoms with E-state index in [0.717, 1.165) is 35.8 Å². The fourth-order valence-electron chi connectivity index (χ4n) is 4.54. The van der Waals surface area contributed by atoms with Crippen molar-refractivity contribution >= 4 is 33.7 Å². The number of furan rings is 1. The van der Waals surface area contributed by atoms with Crippen molar-refractivity contribution in [3.05, 3.63) is 100 Å². The van der Waals surface area contributed by atoms with E-state index in [1.807, 2.05) is 43.3 Å². The third kappa shape index (κ3) is 4.83. The van der Waals surface area contributed by atoms with Crippen molar-refractivity contribution < 1.29 is 23.2 Å². The molecule has 0 saturated carbocycles. The molecule has 2 heterocycles. The number of ether oxygens (including phenoxy) is 1. The molecular weight excluding hydrogens is 468 g/mol. The van der Waals surface area contributed by atoms with Crippen molar-refractivity contribution in [1.82, 2.24) is 0 Å². The summed E-state index contributed by atoms with van der Waals surface area (Å²) >= 11 is 0. The Labute approximate surface area is 213 Å². The maximum Gasteiger partial charge on any atom is 0.336 e. The molecule has 0 aliphatic carbocycles. The van der Waals surface area contributed by atoms with Gasteiger partial charge < -0.3 is 13.6 Å². The Bertz CT molecular complexity index is 1670. The number of unbranched alkanes of at least 4 members (excludes halogenated alkanes) is 2. The van der Waals surface area contributed by atoms with Crippen molar-refractivity contribution in [2.24, 2.45) is 0 Å². The van der Waals surface area contributed by atoms with Crippen molar-refractivity contribution in [2.75, 3.05) is 0 Å². The van der Waals surface area contributed by atoms with Crippen LogP contribution in [0.1, 0.15) is 54.3 Å². The molecule has 0 aliphatic rings. The summed E-state index contributed by atoms with van der Waals surface area (Å²) in [5, 5.41) is 1.33. The normalized spacial score (nSPS) is 11.2. The van der Waals surface area contributed by atoms with Crippen LogP contribution in [0.4, 0.5) is 0 Å². The molecular formula is C31H26O6. The number of ketones is 1. The summed E-state index contributed by atoms with van der Waals surface area (Å²) in [4.78, 5) is 38.3. The smallest absolute Gasteiger partial charge is 0.336 e. The molecule has 0 aliphatic heterocycles. The summed E-state index contributed by atoms with van der Waals surface area (Å²) in [7, 11) is 0. The first-order valence-corrected chi connectivity index (χ1v) is 12.4. The number of rotatable bonds is 8. The van der Waals surface area contributed by atoms with Gasteiger partial charge in [-0.25, -0.2) is 4.79 Å². The molecule has 0 bridgehead atoms. The van der Waals surface area contributed by atoms with E-state index in [1.54, 1.807) is 30.3 Å². The van der Waals surface area contributed by atoms with Crippen LogP contribution in [0.2, 0.25) is 0 Å². The van der Waals surface area contributed by atoms with E-state index in [-0.39, 0.29) is 17.5 Å². The standard InChI is InChI=1S/C31H26O6/c1-3-4-6-14-25(32)35-22-13-9-12-21(18-22)29(34)31-27(20-10-7-5-8-11-20)28-24(36-31)16-15-23-19(2)17-26(33)37-30(23)28/h5,7-13,15-18H,3-4,6,14H2,1-2H3. The summed E-state index contributed by atoms with van der Waals surface area (Å²) in [6.07, 6.45) is 3.05. The summed E-state index contributed by atoms with van der Waals surface area (Å²) in [6.45, 7) is 3.91. The van der Waals surface area contributed by atoms with Crippen molar-refractivity contribution in [1.29, 1.82) is 0 Å². The van der Waals surface area contributed by atoms with Crippen LogP contribution in [0.25, 0.3) is 33.1 Å². The van der Waals surface area contributed by atoms with E-state index in [0.29, 0.717) is 39.8 Å². The lowest BCUT2D eigenvalue weighted by Gasteiger charge is -2.07. The van der Waals surface area contributed by atoms with Gasteiger partial charge in [0.05, 0.1) is 5.39 Å². The van der Waals surface area contributed by atoms with Gasteiger partial charge in [0.15, 0.2) is 5.76 Å². The monoisotopic (exact) mass is 494 g/mol. The van der Waals surface area contributed by atoms with Crippen LogP contribution in [-0.4, -0.2) is 11.8 Å². The maximum atomic E-state index is 13.8. The molecule has 37 heavy (non-hydrogen) atoms. The lowest BCUT2D eigenvalue weighted by molar-refractivity contribution is -0.134. The highest BCUT2D eigenvalue weighted by atomic mass is 16.5. The number of esters is 1. The van der Waals surface area contributed by atoms with Crippen molar-refractivity contribution in [3.8, 4) is 16.9 Å². The highest BCUT2D eigenvalue weighted by Crippen LogP contribution is 2.40. The van der Waals surface area contributed by atoms with Crippen LogP contribution < -0.4 is 10.4 Å². The fraction of sp³-hybridized carbons (Fsp3) is 0.194. The predicted octanol–water partition coefficient (Wildman–Crippen LogP) is 7.23. The summed E-state index contributed by atoms with van der Waals surface area (Å²) in [5.41, 5.74) is 2.72. The first-order chi connectivity index (χ1) is 18.0. The Balaban J connectivity index is 1.63. The molecule has 0 amide bonds. The van der Waals surface area contributed by atoms with Gasteiger partial charge in [-0.3, -0.25) is 9.59 Å². The minimum absolute atomic E-state index is 0.115. The van der Waals surface area contributed by atoms with Gasteiger partial charge in [-0.2, -0.15) is 0 Å². The zero-order chi connectivity index (χ0) is 25.9. The minimum atomic E-state index is -0.473. The Hall–Kier alpha value is -4.45. The molecule has 0 fully saturated rings. The lowest BCUT2D eigenvalue weighted by atomic mass is 9.96. The fourth-order valence-corrected chi connectivity index (χ4v) is 4.54. The number of carbonyl (C=O) groups excluding carboxylic acids is 2. The summed E-state index contributed by atoms with van der Waals surface area (Å²) < 4.78 is 17.2. The van der Waals surface area contributed by atoms with Crippen LogP contribution in [0.5, 0.6) is 5.75 Å². The second-order valence-corrected chi connectivity index (χ2v) is 9.02. The van der Waals surface area contributed by atoms with E-state index in [1.165, 1.54) is 6.07 Å². The Morgan fingerprint density at radius 3 is 2.49 bits per heavy atom. The first kappa shape index (κ1) is 24.3.